The summed E-state index contributed by atoms with van der Waals surface area (Å²) in [7, 11) is 1.78. The molecule has 0 fully saturated rings. The molecule has 0 saturated carbocycles. The average Bonchev–Trinajstić information content (AvgIpc) is 2.56. The van der Waals surface area contributed by atoms with Crippen molar-refractivity contribution in [2.24, 2.45) is 7.05 Å². The van der Waals surface area contributed by atoms with Crippen LogP contribution >= 0.6 is 0 Å². The van der Waals surface area contributed by atoms with Crippen LogP contribution in [-0.2, 0) is 7.05 Å². The van der Waals surface area contributed by atoms with Crippen LogP contribution in [0, 0.1) is 0 Å². The van der Waals surface area contributed by atoms with Gasteiger partial charge in [-0.25, -0.2) is 5.48 Å². The number of aromatic nitrogens is 1. The molecule has 2 aromatic rings. The number of amides is 1. The highest BCUT2D eigenvalue weighted by Gasteiger charge is 2.11. The molecule has 0 aliphatic rings. The number of para-hydroxylation sites is 1. The Morgan fingerprint density at radius 3 is 2.79 bits per heavy atom. The monoisotopic (exact) mass is 190 g/mol. The van der Waals surface area contributed by atoms with E-state index < -0.39 is 5.91 Å². The van der Waals surface area contributed by atoms with Crippen molar-refractivity contribution in [1.29, 1.82) is 0 Å². The van der Waals surface area contributed by atoms with Crippen molar-refractivity contribution in [1.82, 2.24) is 10.0 Å². The van der Waals surface area contributed by atoms with Crippen LogP contribution in [0.1, 0.15) is 10.5 Å². The molecule has 2 N–H and O–H groups in total. The highest BCUT2D eigenvalue weighted by molar-refractivity contribution is 5.98. The summed E-state index contributed by atoms with van der Waals surface area (Å²) in [6.07, 6.45) is 0. The third-order valence-electron chi connectivity index (χ3n) is 2.29. The van der Waals surface area contributed by atoms with Crippen molar-refractivity contribution in [2.75, 3.05) is 0 Å². The second-order valence-electron chi connectivity index (χ2n) is 3.09. The van der Waals surface area contributed by atoms with Crippen LogP contribution in [0.3, 0.4) is 0 Å². The smallest absolute Gasteiger partial charge is 0.291 e. The lowest BCUT2D eigenvalue weighted by Gasteiger charge is -2.00. The van der Waals surface area contributed by atoms with Gasteiger partial charge in [-0.15, -0.1) is 0 Å². The molecule has 1 heterocycles. The summed E-state index contributed by atoms with van der Waals surface area (Å²) >= 11 is 0. The summed E-state index contributed by atoms with van der Waals surface area (Å²) in [6.45, 7) is 0. The molecule has 0 atom stereocenters. The number of hydrogen-bond donors (Lipinski definition) is 2. The zero-order chi connectivity index (χ0) is 10.1. The molecule has 72 valence electrons. The summed E-state index contributed by atoms with van der Waals surface area (Å²) in [6, 6.07) is 9.39. The van der Waals surface area contributed by atoms with Crippen LogP contribution in [0.15, 0.2) is 30.3 Å². The normalized spacial score (nSPS) is 10.4. The average molecular weight is 190 g/mol. The van der Waals surface area contributed by atoms with E-state index in [1.54, 1.807) is 23.2 Å². The number of hydroxylamine groups is 1. The first-order chi connectivity index (χ1) is 6.74. The summed E-state index contributed by atoms with van der Waals surface area (Å²) in [5.41, 5.74) is 3.03. The van der Waals surface area contributed by atoms with Crippen molar-refractivity contribution in [3.8, 4) is 0 Å². The Bertz CT molecular complexity index is 488. The van der Waals surface area contributed by atoms with Gasteiger partial charge in [-0.05, 0) is 12.1 Å². The van der Waals surface area contributed by atoms with Crippen molar-refractivity contribution in [2.45, 2.75) is 0 Å². The van der Waals surface area contributed by atoms with E-state index in [0.717, 1.165) is 10.9 Å². The molecule has 4 nitrogen and oxygen atoms in total. The molecule has 0 unspecified atom stereocenters. The summed E-state index contributed by atoms with van der Waals surface area (Å²) < 4.78 is 1.74. The molecule has 14 heavy (non-hydrogen) atoms. The lowest BCUT2D eigenvalue weighted by atomic mass is 10.2. The van der Waals surface area contributed by atoms with Gasteiger partial charge in [0.05, 0.1) is 0 Å². The molecule has 2 rings (SSSR count). The maximum Gasteiger partial charge on any atom is 0.291 e. The van der Waals surface area contributed by atoms with Crippen molar-refractivity contribution < 1.29 is 10.0 Å². The van der Waals surface area contributed by atoms with Gasteiger partial charge < -0.3 is 4.57 Å². The minimum atomic E-state index is -0.497. The van der Waals surface area contributed by atoms with Gasteiger partial charge in [-0.1, -0.05) is 18.2 Å². The number of carbonyl (C=O) groups excluding carboxylic acids is 1. The van der Waals surface area contributed by atoms with Gasteiger partial charge in [0.1, 0.15) is 5.69 Å². The number of nitrogens with one attached hydrogen (secondary N) is 1. The van der Waals surface area contributed by atoms with Crippen LogP contribution in [0.5, 0.6) is 0 Å². The Morgan fingerprint density at radius 1 is 1.43 bits per heavy atom. The molecule has 1 amide bonds. The quantitative estimate of drug-likeness (QED) is 0.526. The lowest BCUT2D eigenvalue weighted by Crippen LogP contribution is -2.21. The van der Waals surface area contributed by atoms with Gasteiger partial charge >= 0.3 is 0 Å². The van der Waals surface area contributed by atoms with Crippen LogP contribution < -0.4 is 5.48 Å². The zero-order valence-corrected chi connectivity index (χ0v) is 7.69. The molecular weight excluding hydrogens is 180 g/mol. The van der Waals surface area contributed by atoms with Crippen LogP contribution in [0.4, 0.5) is 0 Å². The number of aryl methyl sites for hydroxylation is 1. The molecule has 0 radical (unpaired) electrons. The van der Waals surface area contributed by atoms with Gasteiger partial charge in [0.2, 0.25) is 0 Å². The SMILES string of the molecule is Cn1c(C(=O)NO)cc2ccccc21. The second-order valence-corrected chi connectivity index (χ2v) is 3.09. The summed E-state index contributed by atoms with van der Waals surface area (Å²) in [5, 5.41) is 9.51. The zero-order valence-electron chi connectivity index (χ0n) is 7.69. The minimum Gasteiger partial charge on any atom is -0.340 e. The van der Waals surface area contributed by atoms with Gasteiger partial charge in [0.15, 0.2) is 0 Å². The van der Waals surface area contributed by atoms with Gasteiger partial charge in [-0.3, -0.25) is 10.0 Å². The van der Waals surface area contributed by atoms with Gasteiger partial charge in [0.25, 0.3) is 5.91 Å². The van der Waals surface area contributed by atoms with E-state index in [2.05, 4.69) is 0 Å². The predicted octanol–water partition coefficient (Wildman–Crippen LogP) is 1.30. The van der Waals surface area contributed by atoms with E-state index in [1.165, 1.54) is 0 Å². The number of benzene rings is 1. The van der Waals surface area contributed by atoms with E-state index in [-0.39, 0.29) is 0 Å². The Labute approximate surface area is 80.7 Å². The standard InChI is InChI=1S/C10H10N2O2/c1-12-8-5-3-2-4-7(8)6-9(12)10(13)11-14/h2-6,14H,1H3,(H,11,13). The highest BCUT2D eigenvalue weighted by Crippen LogP contribution is 2.17. The van der Waals surface area contributed by atoms with Crippen LogP contribution in [-0.4, -0.2) is 15.7 Å². The second kappa shape index (κ2) is 3.16. The fourth-order valence-corrected chi connectivity index (χ4v) is 1.56. The van der Waals surface area contributed by atoms with E-state index in [4.69, 9.17) is 5.21 Å². The molecule has 0 aliphatic carbocycles. The number of hydrogen-bond acceptors (Lipinski definition) is 2. The third-order valence-corrected chi connectivity index (χ3v) is 2.29. The van der Waals surface area contributed by atoms with E-state index in [1.807, 2.05) is 24.3 Å². The topological polar surface area (TPSA) is 54.3 Å². The Kier molecular flexibility index (Phi) is 1.98. The number of carbonyl (C=O) groups is 1. The summed E-state index contributed by atoms with van der Waals surface area (Å²) in [5.74, 6) is -0.497. The number of nitrogens with zero attached hydrogens (tertiary/aromatic N) is 1. The van der Waals surface area contributed by atoms with Crippen molar-refractivity contribution in [3.05, 3.63) is 36.0 Å². The third kappa shape index (κ3) is 1.16. The summed E-state index contributed by atoms with van der Waals surface area (Å²) in [4.78, 5) is 11.2. The highest BCUT2D eigenvalue weighted by atomic mass is 16.5. The fraction of sp³-hybridized carbons (Fsp3) is 0.100. The van der Waals surface area contributed by atoms with Crippen LogP contribution in [0.25, 0.3) is 10.9 Å². The van der Waals surface area contributed by atoms with Gasteiger partial charge in [-0.2, -0.15) is 0 Å². The largest absolute Gasteiger partial charge is 0.340 e. The molecule has 0 saturated heterocycles. The molecule has 0 aliphatic heterocycles. The first kappa shape index (κ1) is 8.77. The lowest BCUT2D eigenvalue weighted by molar-refractivity contribution is 0.0697. The first-order valence-corrected chi connectivity index (χ1v) is 4.23. The van der Waals surface area contributed by atoms with E-state index >= 15 is 0 Å². The van der Waals surface area contributed by atoms with Crippen LogP contribution in [0.2, 0.25) is 0 Å². The maximum atomic E-state index is 11.2. The fourth-order valence-electron chi connectivity index (χ4n) is 1.56. The maximum absolute atomic E-state index is 11.2. The molecule has 1 aromatic carbocycles. The Morgan fingerprint density at radius 2 is 2.14 bits per heavy atom. The van der Waals surface area contributed by atoms with E-state index in [0.29, 0.717) is 5.69 Å². The molecule has 0 spiro atoms. The Balaban J connectivity index is 2.68. The number of rotatable bonds is 1. The van der Waals surface area contributed by atoms with E-state index in [9.17, 15) is 4.79 Å². The minimum absolute atomic E-state index is 0.439. The molecule has 1 aromatic heterocycles. The van der Waals surface area contributed by atoms with Crippen molar-refractivity contribution >= 4 is 16.8 Å². The van der Waals surface area contributed by atoms with Crippen molar-refractivity contribution in [3.63, 3.8) is 0 Å². The molecule has 0 bridgehead atoms. The molecular formula is C10H10N2O2. The number of fused-ring (bicyclic) bond motifs is 1. The van der Waals surface area contributed by atoms with Gasteiger partial charge in [0, 0.05) is 18.0 Å². The molecule has 4 heteroatoms. The Hall–Kier alpha value is -1.81. The first-order valence-electron chi connectivity index (χ1n) is 4.23. The predicted molar refractivity (Wildman–Crippen MR) is 52.2 cm³/mol.